The fraction of sp³-hybridized carbons (Fsp3) is 0.462. The van der Waals surface area contributed by atoms with Crippen LogP contribution in [0.15, 0.2) is 71.5 Å². The van der Waals surface area contributed by atoms with Crippen molar-refractivity contribution in [2.24, 2.45) is 18.9 Å². The van der Waals surface area contributed by atoms with Crippen LogP contribution in [0.3, 0.4) is 0 Å². The van der Waals surface area contributed by atoms with Crippen LogP contribution in [-0.4, -0.2) is 39.6 Å². The van der Waals surface area contributed by atoms with Gasteiger partial charge in [-0.1, -0.05) is 62.8 Å². The summed E-state index contributed by atoms with van der Waals surface area (Å²) in [6, 6.07) is 21.2. The van der Waals surface area contributed by atoms with Crippen LogP contribution >= 0.6 is 0 Å². The van der Waals surface area contributed by atoms with Gasteiger partial charge in [0.1, 0.15) is 28.9 Å². The summed E-state index contributed by atoms with van der Waals surface area (Å²) in [6.07, 6.45) is 11.6. The van der Waals surface area contributed by atoms with E-state index in [1.165, 1.54) is 62.8 Å². The predicted octanol–water partition coefficient (Wildman–Crippen LogP) is 7.89. The molecule has 0 N–H and O–H groups in total. The molecule has 4 aromatic rings. The molecule has 244 valence electrons. The van der Waals surface area contributed by atoms with Gasteiger partial charge in [-0.25, -0.2) is 13.8 Å². The molecule has 0 amide bonds. The van der Waals surface area contributed by atoms with E-state index in [2.05, 4.69) is 15.9 Å². The van der Waals surface area contributed by atoms with Gasteiger partial charge in [0.25, 0.3) is 5.56 Å². The molecule has 2 atom stereocenters. The van der Waals surface area contributed by atoms with Crippen molar-refractivity contribution >= 4 is 16.7 Å². The average molecular weight is 636 g/mol. The van der Waals surface area contributed by atoms with Gasteiger partial charge in [0.2, 0.25) is 0 Å². The van der Waals surface area contributed by atoms with E-state index in [4.69, 9.17) is 4.98 Å². The fourth-order valence-electron chi connectivity index (χ4n) is 8.79. The third kappa shape index (κ3) is 6.30. The standard InChI is InChI=1S/C39H43F2N5O/c1-44-33-21-20-32(23-42)43-38(33)34(22-37(44)47)45-24-36(27-10-6-3-7-11-27)46(25-35(45)26-8-4-2-5-9-26)39(28-12-16-30(40)17-13-28)29-14-18-31(41)19-15-29/h12-22,26-27,35-36,39H,2-11,24-25H2,1H3. The number of aromatic nitrogens is 2. The highest BCUT2D eigenvalue weighted by Crippen LogP contribution is 2.44. The number of hydrogen-bond acceptors (Lipinski definition) is 5. The SMILES string of the molecule is Cn1c(=O)cc(N2CC(C3CCCCC3)N(C(c3ccc(F)cc3)c3ccc(F)cc3)CC2C2CCCCC2)c2nc(C#N)ccc21. The fourth-order valence-corrected chi connectivity index (χ4v) is 8.79. The van der Waals surface area contributed by atoms with Gasteiger partial charge in [0.15, 0.2) is 0 Å². The van der Waals surface area contributed by atoms with Crippen LogP contribution in [0.25, 0.3) is 11.0 Å². The van der Waals surface area contributed by atoms with E-state index in [1.54, 1.807) is 23.7 Å². The van der Waals surface area contributed by atoms with Crippen LogP contribution in [0.2, 0.25) is 0 Å². The van der Waals surface area contributed by atoms with E-state index in [0.717, 1.165) is 54.6 Å². The molecule has 2 aliphatic carbocycles. The van der Waals surface area contributed by atoms with E-state index >= 15 is 0 Å². The van der Waals surface area contributed by atoms with Crippen molar-refractivity contribution in [1.29, 1.82) is 5.26 Å². The average Bonchev–Trinajstić information content (AvgIpc) is 3.12. The summed E-state index contributed by atoms with van der Waals surface area (Å²) >= 11 is 0. The summed E-state index contributed by atoms with van der Waals surface area (Å²) in [5.41, 5.74) is 4.46. The Balaban J connectivity index is 1.41. The Morgan fingerprint density at radius 3 is 1.87 bits per heavy atom. The molecule has 0 bridgehead atoms. The molecule has 6 nitrogen and oxygen atoms in total. The minimum absolute atomic E-state index is 0.0893. The second-order valence-corrected chi connectivity index (χ2v) is 13.9. The van der Waals surface area contributed by atoms with E-state index < -0.39 is 0 Å². The van der Waals surface area contributed by atoms with Crippen molar-refractivity contribution < 1.29 is 8.78 Å². The first-order valence-corrected chi connectivity index (χ1v) is 17.4. The smallest absolute Gasteiger partial charge is 0.252 e. The number of piperazine rings is 1. The number of pyridine rings is 2. The van der Waals surface area contributed by atoms with Gasteiger partial charge in [-0.15, -0.1) is 0 Å². The predicted molar refractivity (Wildman–Crippen MR) is 181 cm³/mol. The van der Waals surface area contributed by atoms with Gasteiger partial charge >= 0.3 is 0 Å². The van der Waals surface area contributed by atoms with E-state index in [1.807, 2.05) is 30.3 Å². The molecule has 2 unspecified atom stereocenters. The Labute approximate surface area is 275 Å². The number of benzene rings is 2. The van der Waals surface area contributed by atoms with Crippen LogP contribution in [0.4, 0.5) is 14.5 Å². The summed E-state index contributed by atoms with van der Waals surface area (Å²) in [7, 11) is 1.76. The topological polar surface area (TPSA) is 65.2 Å². The second kappa shape index (κ2) is 13.6. The molecule has 1 aliphatic heterocycles. The molecule has 47 heavy (non-hydrogen) atoms. The molecule has 3 fully saturated rings. The Morgan fingerprint density at radius 2 is 1.32 bits per heavy atom. The van der Waals surface area contributed by atoms with Gasteiger partial charge in [0.05, 0.1) is 17.2 Å². The molecule has 7 rings (SSSR count). The lowest BCUT2D eigenvalue weighted by Crippen LogP contribution is -2.63. The van der Waals surface area contributed by atoms with E-state index in [-0.39, 0.29) is 35.3 Å². The third-order valence-electron chi connectivity index (χ3n) is 11.2. The number of nitrogens with zero attached hydrogens (tertiary/aromatic N) is 5. The normalized spacial score (nSPS) is 21.7. The molecule has 0 radical (unpaired) electrons. The number of fused-ring (bicyclic) bond motifs is 1. The Kier molecular flexibility index (Phi) is 9.09. The summed E-state index contributed by atoms with van der Waals surface area (Å²) in [4.78, 5) is 23.4. The summed E-state index contributed by atoms with van der Waals surface area (Å²) < 4.78 is 30.2. The molecule has 2 aromatic heterocycles. The second-order valence-electron chi connectivity index (χ2n) is 13.9. The summed E-state index contributed by atoms with van der Waals surface area (Å²) in [5.74, 6) is 0.297. The first kappa shape index (κ1) is 31.5. The zero-order valence-electron chi connectivity index (χ0n) is 27.1. The minimum Gasteiger partial charge on any atom is -0.363 e. The first-order valence-electron chi connectivity index (χ1n) is 17.4. The zero-order chi connectivity index (χ0) is 32.5. The van der Waals surface area contributed by atoms with Gasteiger partial charge in [-0.05, 0) is 85.0 Å². The van der Waals surface area contributed by atoms with Crippen LogP contribution in [-0.2, 0) is 7.05 Å². The molecule has 8 heteroatoms. The van der Waals surface area contributed by atoms with Gasteiger partial charge < -0.3 is 9.47 Å². The third-order valence-corrected chi connectivity index (χ3v) is 11.2. The first-order chi connectivity index (χ1) is 22.9. The van der Waals surface area contributed by atoms with Crippen LogP contribution in [0.5, 0.6) is 0 Å². The van der Waals surface area contributed by atoms with Crippen LogP contribution in [0, 0.1) is 34.8 Å². The zero-order valence-corrected chi connectivity index (χ0v) is 27.1. The molecule has 0 spiro atoms. The quantitative estimate of drug-likeness (QED) is 0.216. The summed E-state index contributed by atoms with van der Waals surface area (Å²) in [6.45, 7) is 1.46. The van der Waals surface area contributed by atoms with Crippen LogP contribution < -0.4 is 10.5 Å². The lowest BCUT2D eigenvalue weighted by molar-refractivity contribution is 0.0456. The maximum absolute atomic E-state index is 14.3. The Morgan fingerprint density at radius 1 is 0.766 bits per heavy atom. The minimum atomic E-state index is -0.276. The van der Waals surface area contributed by atoms with Crippen molar-refractivity contribution in [3.63, 3.8) is 0 Å². The van der Waals surface area contributed by atoms with Crippen molar-refractivity contribution in [3.8, 4) is 6.07 Å². The number of aryl methyl sites for hydroxylation is 1. The van der Waals surface area contributed by atoms with Gasteiger partial charge in [0, 0.05) is 38.3 Å². The lowest BCUT2D eigenvalue weighted by atomic mass is 9.77. The van der Waals surface area contributed by atoms with Crippen molar-refractivity contribution in [1.82, 2.24) is 14.5 Å². The lowest BCUT2D eigenvalue weighted by Gasteiger charge is -2.55. The highest BCUT2D eigenvalue weighted by molar-refractivity contribution is 5.89. The monoisotopic (exact) mass is 635 g/mol. The molecular weight excluding hydrogens is 592 g/mol. The van der Waals surface area contributed by atoms with Crippen molar-refractivity contribution in [2.75, 3.05) is 18.0 Å². The number of rotatable bonds is 6. The molecule has 1 saturated heterocycles. The van der Waals surface area contributed by atoms with Gasteiger partial charge in [-0.2, -0.15) is 5.26 Å². The van der Waals surface area contributed by atoms with E-state index in [0.29, 0.717) is 29.6 Å². The number of hydrogen-bond donors (Lipinski definition) is 0. The van der Waals surface area contributed by atoms with Crippen molar-refractivity contribution in [2.45, 2.75) is 82.3 Å². The Bertz CT molecular complexity index is 1760. The maximum Gasteiger partial charge on any atom is 0.252 e. The van der Waals surface area contributed by atoms with Crippen LogP contribution in [0.1, 0.15) is 87.1 Å². The number of nitriles is 1. The molecule has 3 heterocycles. The number of anilines is 1. The highest BCUT2D eigenvalue weighted by Gasteiger charge is 2.45. The Hall–Kier alpha value is -4.09. The highest BCUT2D eigenvalue weighted by atomic mass is 19.1. The van der Waals surface area contributed by atoms with Crippen molar-refractivity contribution in [3.05, 3.63) is 106 Å². The molecule has 2 aromatic carbocycles. The molecular formula is C39H43F2N5O. The van der Waals surface area contributed by atoms with E-state index in [9.17, 15) is 18.8 Å². The number of halogens is 2. The molecule has 2 saturated carbocycles. The summed E-state index contributed by atoms with van der Waals surface area (Å²) in [5, 5.41) is 9.79. The largest absolute Gasteiger partial charge is 0.363 e. The van der Waals surface area contributed by atoms with Gasteiger partial charge in [-0.3, -0.25) is 9.69 Å². The molecule has 3 aliphatic rings. The maximum atomic E-state index is 14.3.